The van der Waals surface area contributed by atoms with Gasteiger partial charge in [-0.05, 0) is 35.9 Å². The summed E-state index contributed by atoms with van der Waals surface area (Å²) in [5.74, 6) is -1.43. The number of benzene rings is 2. The molecule has 0 spiro atoms. The molecule has 2 aromatic carbocycles. The average molecular weight is 272 g/mol. The van der Waals surface area contributed by atoms with Crippen molar-refractivity contribution in [1.82, 2.24) is 4.98 Å². The maximum absolute atomic E-state index is 13.7. The van der Waals surface area contributed by atoms with Gasteiger partial charge in [0.25, 0.3) is 5.91 Å². The molecule has 0 atom stereocenters. The van der Waals surface area contributed by atoms with Crippen molar-refractivity contribution in [1.29, 1.82) is 0 Å². The van der Waals surface area contributed by atoms with E-state index in [-0.39, 0.29) is 11.5 Å². The van der Waals surface area contributed by atoms with Gasteiger partial charge in [0, 0.05) is 10.9 Å². The van der Waals surface area contributed by atoms with Crippen LogP contribution in [0.3, 0.4) is 0 Å². The van der Waals surface area contributed by atoms with Crippen molar-refractivity contribution in [2.24, 2.45) is 5.73 Å². The van der Waals surface area contributed by atoms with E-state index in [1.165, 1.54) is 30.3 Å². The summed E-state index contributed by atoms with van der Waals surface area (Å²) < 4.78 is 26.6. The molecular formula is C15H10F2N2O. The van der Waals surface area contributed by atoms with Gasteiger partial charge in [-0.25, -0.2) is 8.78 Å². The maximum Gasteiger partial charge on any atom is 0.265 e. The van der Waals surface area contributed by atoms with Gasteiger partial charge in [-0.15, -0.1) is 0 Å². The molecule has 0 aliphatic carbocycles. The zero-order valence-electron chi connectivity index (χ0n) is 10.3. The van der Waals surface area contributed by atoms with Gasteiger partial charge in [0.05, 0.1) is 5.52 Å². The highest BCUT2D eigenvalue weighted by atomic mass is 19.1. The summed E-state index contributed by atoms with van der Waals surface area (Å²) in [6.45, 7) is 0. The maximum atomic E-state index is 13.7. The van der Waals surface area contributed by atoms with Gasteiger partial charge in [-0.2, -0.15) is 0 Å². The lowest BCUT2D eigenvalue weighted by Gasteiger charge is -2.04. The van der Waals surface area contributed by atoms with Gasteiger partial charge in [0.15, 0.2) is 0 Å². The Hall–Kier alpha value is -2.69. The first-order chi connectivity index (χ1) is 9.54. The van der Waals surface area contributed by atoms with E-state index in [0.717, 1.165) is 0 Å². The number of aromatic nitrogens is 1. The van der Waals surface area contributed by atoms with Crippen molar-refractivity contribution in [2.45, 2.75) is 0 Å². The molecule has 1 aromatic heterocycles. The van der Waals surface area contributed by atoms with E-state index >= 15 is 0 Å². The molecule has 0 radical (unpaired) electrons. The van der Waals surface area contributed by atoms with E-state index in [1.807, 2.05) is 0 Å². The van der Waals surface area contributed by atoms with E-state index in [0.29, 0.717) is 22.0 Å². The lowest BCUT2D eigenvalue weighted by Crippen LogP contribution is -2.10. The Morgan fingerprint density at radius 1 is 1.00 bits per heavy atom. The van der Waals surface area contributed by atoms with Crippen molar-refractivity contribution in [3.05, 3.63) is 59.8 Å². The second-order valence-corrected chi connectivity index (χ2v) is 4.47. The lowest BCUT2D eigenvalue weighted by atomic mass is 10.0. The molecule has 0 unspecified atom stereocenters. The lowest BCUT2D eigenvalue weighted by molar-refractivity contribution is 0.0996. The van der Waals surface area contributed by atoms with Crippen LogP contribution in [0.15, 0.2) is 42.5 Å². The number of fused-ring (bicyclic) bond motifs is 1. The third-order valence-corrected chi connectivity index (χ3v) is 3.11. The van der Waals surface area contributed by atoms with Crippen molar-refractivity contribution < 1.29 is 13.6 Å². The van der Waals surface area contributed by atoms with Crippen molar-refractivity contribution in [3.63, 3.8) is 0 Å². The van der Waals surface area contributed by atoms with Crippen LogP contribution in [0.2, 0.25) is 0 Å². The van der Waals surface area contributed by atoms with Crippen LogP contribution in [0.5, 0.6) is 0 Å². The molecule has 0 saturated heterocycles. The number of nitrogens with two attached hydrogens (primary N) is 1. The van der Waals surface area contributed by atoms with Gasteiger partial charge < -0.3 is 10.7 Å². The number of rotatable bonds is 2. The highest BCUT2D eigenvalue weighted by molar-refractivity contribution is 6.01. The summed E-state index contributed by atoms with van der Waals surface area (Å²) in [5.41, 5.74) is 7.20. The van der Waals surface area contributed by atoms with E-state index in [9.17, 15) is 13.6 Å². The second-order valence-electron chi connectivity index (χ2n) is 4.47. The summed E-state index contributed by atoms with van der Waals surface area (Å²) in [5, 5.41) is 0.540. The van der Waals surface area contributed by atoms with Crippen molar-refractivity contribution >= 4 is 16.8 Å². The summed E-state index contributed by atoms with van der Waals surface area (Å²) in [6, 6.07) is 9.83. The predicted molar refractivity (Wildman–Crippen MR) is 72.2 cm³/mol. The number of hydrogen-bond donors (Lipinski definition) is 2. The molecule has 3 nitrogen and oxygen atoms in total. The predicted octanol–water partition coefficient (Wildman–Crippen LogP) is 3.21. The number of H-pyrrole nitrogens is 1. The summed E-state index contributed by atoms with van der Waals surface area (Å²) in [4.78, 5) is 14.1. The molecule has 0 bridgehead atoms. The summed E-state index contributed by atoms with van der Waals surface area (Å²) in [6.07, 6.45) is 0. The standard InChI is InChI=1S/C15H10F2N2O/c16-10-3-1-8(2-4-10)12-7-11(17)5-9-6-13(15(18)20)19-14(9)12/h1-7,19H,(H2,18,20). The van der Waals surface area contributed by atoms with Crippen molar-refractivity contribution in [3.8, 4) is 11.1 Å². The van der Waals surface area contributed by atoms with Gasteiger partial charge in [-0.1, -0.05) is 12.1 Å². The number of nitrogens with one attached hydrogen (secondary N) is 1. The molecule has 5 heteroatoms. The normalized spacial score (nSPS) is 10.9. The van der Waals surface area contributed by atoms with Gasteiger partial charge in [0.2, 0.25) is 0 Å². The highest BCUT2D eigenvalue weighted by Crippen LogP contribution is 2.30. The first-order valence-electron chi connectivity index (χ1n) is 5.92. The Labute approximate surface area is 113 Å². The third kappa shape index (κ3) is 2.03. The minimum atomic E-state index is -0.619. The van der Waals surface area contributed by atoms with E-state index < -0.39 is 11.7 Å². The van der Waals surface area contributed by atoms with Crippen LogP contribution in [-0.4, -0.2) is 10.9 Å². The van der Waals surface area contributed by atoms with Crippen LogP contribution < -0.4 is 5.73 Å². The number of primary amides is 1. The molecule has 100 valence electrons. The average Bonchev–Trinajstić information content (AvgIpc) is 2.82. The Balaban J connectivity index is 2.28. The number of carbonyl (C=O) groups excluding carboxylic acids is 1. The van der Waals surface area contributed by atoms with Gasteiger partial charge >= 0.3 is 0 Å². The van der Waals surface area contributed by atoms with Crippen molar-refractivity contribution in [2.75, 3.05) is 0 Å². The first kappa shape index (κ1) is 12.3. The molecule has 3 N–H and O–H groups in total. The Morgan fingerprint density at radius 3 is 2.35 bits per heavy atom. The zero-order chi connectivity index (χ0) is 14.3. The van der Waals surface area contributed by atoms with Gasteiger partial charge in [0.1, 0.15) is 17.3 Å². The number of amides is 1. The zero-order valence-corrected chi connectivity index (χ0v) is 10.3. The van der Waals surface area contributed by atoms with Crippen LogP contribution in [0, 0.1) is 11.6 Å². The smallest absolute Gasteiger partial charge is 0.265 e. The number of aromatic amines is 1. The highest BCUT2D eigenvalue weighted by Gasteiger charge is 2.12. The summed E-state index contributed by atoms with van der Waals surface area (Å²) >= 11 is 0. The molecule has 3 aromatic rings. The topological polar surface area (TPSA) is 58.9 Å². The Morgan fingerprint density at radius 2 is 1.70 bits per heavy atom. The Bertz CT molecular complexity index is 807. The monoisotopic (exact) mass is 272 g/mol. The summed E-state index contributed by atoms with van der Waals surface area (Å²) in [7, 11) is 0. The minimum Gasteiger partial charge on any atom is -0.364 e. The fourth-order valence-electron chi connectivity index (χ4n) is 2.20. The number of carbonyl (C=O) groups is 1. The largest absolute Gasteiger partial charge is 0.364 e. The van der Waals surface area contributed by atoms with E-state index in [4.69, 9.17) is 5.73 Å². The quantitative estimate of drug-likeness (QED) is 0.739. The fraction of sp³-hybridized carbons (Fsp3) is 0. The molecular weight excluding hydrogens is 262 g/mol. The van der Waals surface area contributed by atoms with Gasteiger partial charge in [-0.3, -0.25) is 4.79 Å². The third-order valence-electron chi connectivity index (χ3n) is 3.11. The minimum absolute atomic E-state index is 0.203. The molecule has 1 heterocycles. The molecule has 0 saturated carbocycles. The van der Waals surface area contributed by atoms with E-state index in [1.54, 1.807) is 12.1 Å². The molecule has 20 heavy (non-hydrogen) atoms. The van der Waals surface area contributed by atoms with Crippen LogP contribution >= 0.6 is 0 Å². The van der Waals surface area contributed by atoms with E-state index in [2.05, 4.69) is 4.98 Å². The van der Waals surface area contributed by atoms with Crippen LogP contribution in [0.4, 0.5) is 8.78 Å². The Kier molecular flexibility index (Phi) is 2.75. The first-order valence-corrected chi connectivity index (χ1v) is 5.92. The molecule has 0 aliphatic rings. The molecule has 0 fully saturated rings. The fourth-order valence-corrected chi connectivity index (χ4v) is 2.20. The molecule has 3 rings (SSSR count). The number of halogens is 2. The molecule has 1 amide bonds. The van der Waals surface area contributed by atoms with Crippen LogP contribution in [0.25, 0.3) is 22.0 Å². The second kappa shape index (κ2) is 4.45. The SMILES string of the molecule is NC(=O)c1cc2cc(F)cc(-c3ccc(F)cc3)c2[nH]1. The number of hydrogen-bond acceptors (Lipinski definition) is 1. The van der Waals surface area contributed by atoms with Crippen LogP contribution in [-0.2, 0) is 0 Å². The molecule has 0 aliphatic heterocycles. The van der Waals surface area contributed by atoms with Crippen LogP contribution in [0.1, 0.15) is 10.5 Å².